The predicted octanol–water partition coefficient (Wildman–Crippen LogP) is 6.85. The Morgan fingerprint density at radius 1 is 0.643 bits per heavy atom. The molecule has 28 heavy (non-hydrogen) atoms. The Bertz CT molecular complexity index is 1310. The van der Waals surface area contributed by atoms with Crippen molar-refractivity contribution < 1.29 is 0 Å². The highest BCUT2D eigenvalue weighted by molar-refractivity contribution is 6.05. The minimum Gasteiger partial charge on any atom is -0.256 e. The first kappa shape index (κ1) is 16.1. The van der Waals surface area contributed by atoms with Crippen LogP contribution in [0.5, 0.6) is 0 Å². The van der Waals surface area contributed by atoms with Gasteiger partial charge in [0.1, 0.15) is 0 Å². The van der Waals surface area contributed by atoms with Crippen LogP contribution in [0.1, 0.15) is 49.9 Å². The standard InChI is InChI=1S/C27H23N/c1-26(2)19-13-11-16-8-5-6-9-17(16)22(19)23-20(26)14-12-18-24(23)27(3,4)21-10-7-15-28-25(18)21/h5-15H,1-4H3. The van der Waals surface area contributed by atoms with Gasteiger partial charge in [-0.25, -0.2) is 0 Å². The van der Waals surface area contributed by atoms with Gasteiger partial charge in [0.2, 0.25) is 0 Å². The van der Waals surface area contributed by atoms with E-state index in [2.05, 4.69) is 88.4 Å². The molecule has 0 bridgehead atoms. The Morgan fingerprint density at radius 3 is 2.25 bits per heavy atom. The van der Waals surface area contributed by atoms with E-state index >= 15 is 0 Å². The van der Waals surface area contributed by atoms with Gasteiger partial charge in [-0.05, 0) is 50.2 Å². The SMILES string of the molecule is CC1(C)c2ccc3c(c2-c2c1ccc1ccccc21)C(C)(C)c1cccnc1-3. The summed E-state index contributed by atoms with van der Waals surface area (Å²) in [4.78, 5) is 4.78. The molecule has 0 unspecified atom stereocenters. The first-order chi connectivity index (χ1) is 13.4. The quantitative estimate of drug-likeness (QED) is 0.334. The van der Waals surface area contributed by atoms with E-state index in [1.54, 1.807) is 0 Å². The van der Waals surface area contributed by atoms with Gasteiger partial charge in [0.15, 0.2) is 0 Å². The zero-order chi connectivity index (χ0) is 19.3. The maximum atomic E-state index is 4.78. The Morgan fingerprint density at radius 2 is 1.39 bits per heavy atom. The number of hydrogen-bond donors (Lipinski definition) is 0. The molecular weight excluding hydrogens is 338 g/mol. The molecule has 1 heteroatoms. The second-order valence-electron chi connectivity index (χ2n) is 9.27. The molecule has 4 aromatic rings. The first-order valence-corrected chi connectivity index (χ1v) is 10.1. The number of pyridine rings is 1. The minimum atomic E-state index is -0.0566. The monoisotopic (exact) mass is 361 g/mol. The number of hydrogen-bond acceptors (Lipinski definition) is 1. The van der Waals surface area contributed by atoms with Gasteiger partial charge in [-0.2, -0.15) is 0 Å². The van der Waals surface area contributed by atoms with Crippen LogP contribution < -0.4 is 0 Å². The number of nitrogens with zero attached hydrogens (tertiary/aromatic N) is 1. The molecule has 1 aromatic heterocycles. The molecule has 0 spiro atoms. The molecule has 0 saturated carbocycles. The van der Waals surface area contributed by atoms with Crippen LogP contribution >= 0.6 is 0 Å². The summed E-state index contributed by atoms with van der Waals surface area (Å²) in [5.74, 6) is 0. The van der Waals surface area contributed by atoms with Crippen LogP contribution in [0.15, 0.2) is 66.9 Å². The van der Waals surface area contributed by atoms with Gasteiger partial charge in [0.25, 0.3) is 0 Å². The van der Waals surface area contributed by atoms with E-state index in [1.165, 1.54) is 49.7 Å². The highest BCUT2D eigenvalue weighted by Gasteiger charge is 2.45. The molecule has 2 aliphatic carbocycles. The third-order valence-corrected chi connectivity index (χ3v) is 7.09. The highest BCUT2D eigenvalue weighted by Crippen LogP contribution is 2.59. The van der Waals surface area contributed by atoms with Gasteiger partial charge in [-0.3, -0.25) is 4.98 Å². The Kier molecular flexibility index (Phi) is 2.82. The van der Waals surface area contributed by atoms with Crippen LogP contribution in [0.4, 0.5) is 0 Å². The summed E-state index contributed by atoms with van der Waals surface area (Å²) in [6.07, 6.45) is 1.92. The lowest BCUT2D eigenvalue weighted by Crippen LogP contribution is -2.18. The van der Waals surface area contributed by atoms with Crippen molar-refractivity contribution in [2.45, 2.75) is 38.5 Å². The zero-order valence-electron chi connectivity index (χ0n) is 16.8. The van der Waals surface area contributed by atoms with Crippen LogP contribution in [0, 0.1) is 0 Å². The van der Waals surface area contributed by atoms with Crippen molar-refractivity contribution in [3.8, 4) is 22.4 Å². The molecule has 1 heterocycles. The number of benzene rings is 3. The summed E-state index contributed by atoms with van der Waals surface area (Å²) in [5.41, 5.74) is 10.9. The molecule has 0 radical (unpaired) electrons. The van der Waals surface area contributed by atoms with Crippen LogP contribution in [0.25, 0.3) is 33.2 Å². The molecule has 0 atom stereocenters. The van der Waals surface area contributed by atoms with Crippen LogP contribution in [-0.4, -0.2) is 4.98 Å². The van der Waals surface area contributed by atoms with Gasteiger partial charge < -0.3 is 0 Å². The van der Waals surface area contributed by atoms with E-state index in [1.807, 2.05) is 6.20 Å². The Balaban J connectivity index is 1.82. The van der Waals surface area contributed by atoms with Gasteiger partial charge in [0, 0.05) is 22.6 Å². The normalized spacial score (nSPS) is 17.1. The smallest absolute Gasteiger partial charge is 0.0746 e. The first-order valence-electron chi connectivity index (χ1n) is 10.1. The van der Waals surface area contributed by atoms with Crippen molar-refractivity contribution in [2.24, 2.45) is 0 Å². The molecule has 0 aliphatic heterocycles. The van der Waals surface area contributed by atoms with Gasteiger partial charge in [0.05, 0.1) is 5.69 Å². The van der Waals surface area contributed by atoms with Crippen LogP contribution in [0.2, 0.25) is 0 Å². The average molecular weight is 361 g/mol. The lowest BCUT2D eigenvalue weighted by Gasteiger charge is -2.26. The molecule has 2 aliphatic rings. The molecule has 3 aromatic carbocycles. The van der Waals surface area contributed by atoms with Crippen molar-refractivity contribution in [2.75, 3.05) is 0 Å². The van der Waals surface area contributed by atoms with E-state index in [9.17, 15) is 0 Å². The topological polar surface area (TPSA) is 12.9 Å². The van der Waals surface area contributed by atoms with Crippen molar-refractivity contribution in [1.82, 2.24) is 4.98 Å². The molecule has 6 rings (SSSR count). The fourth-order valence-electron chi connectivity index (χ4n) is 5.70. The largest absolute Gasteiger partial charge is 0.256 e. The van der Waals surface area contributed by atoms with Crippen molar-refractivity contribution in [1.29, 1.82) is 0 Å². The maximum absolute atomic E-state index is 4.78. The van der Waals surface area contributed by atoms with E-state index < -0.39 is 0 Å². The minimum absolute atomic E-state index is 0.00200. The molecule has 0 saturated heterocycles. The van der Waals surface area contributed by atoms with E-state index in [-0.39, 0.29) is 10.8 Å². The fraction of sp³-hybridized carbons (Fsp3) is 0.222. The number of rotatable bonds is 0. The molecule has 1 nitrogen and oxygen atoms in total. The second kappa shape index (κ2) is 4.91. The average Bonchev–Trinajstić information content (AvgIpc) is 3.08. The molecule has 0 fully saturated rings. The van der Waals surface area contributed by atoms with Crippen LogP contribution in [-0.2, 0) is 10.8 Å². The van der Waals surface area contributed by atoms with E-state index in [0.717, 1.165) is 5.69 Å². The third-order valence-electron chi connectivity index (χ3n) is 7.09. The lowest BCUT2D eigenvalue weighted by molar-refractivity contribution is 0.647. The summed E-state index contributed by atoms with van der Waals surface area (Å²) >= 11 is 0. The van der Waals surface area contributed by atoms with Crippen molar-refractivity contribution >= 4 is 10.8 Å². The zero-order valence-corrected chi connectivity index (χ0v) is 16.8. The van der Waals surface area contributed by atoms with Gasteiger partial charge >= 0.3 is 0 Å². The van der Waals surface area contributed by atoms with E-state index in [4.69, 9.17) is 4.98 Å². The predicted molar refractivity (Wildman–Crippen MR) is 117 cm³/mol. The van der Waals surface area contributed by atoms with Crippen LogP contribution in [0.3, 0.4) is 0 Å². The third kappa shape index (κ3) is 1.71. The summed E-state index contributed by atoms with van der Waals surface area (Å²) in [6.45, 7) is 9.45. The molecular formula is C27H23N. The maximum Gasteiger partial charge on any atom is 0.0746 e. The van der Waals surface area contributed by atoms with Crippen molar-refractivity contribution in [3.05, 3.63) is 89.1 Å². The summed E-state index contributed by atoms with van der Waals surface area (Å²) in [5, 5.41) is 2.67. The number of aromatic nitrogens is 1. The van der Waals surface area contributed by atoms with Gasteiger partial charge in [-0.1, -0.05) is 82.3 Å². The summed E-state index contributed by atoms with van der Waals surface area (Å²) in [7, 11) is 0. The summed E-state index contributed by atoms with van der Waals surface area (Å²) in [6, 6.07) is 22.4. The van der Waals surface area contributed by atoms with Gasteiger partial charge in [-0.15, -0.1) is 0 Å². The second-order valence-corrected chi connectivity index (χ2v) is 9.27. The van der Waals surface area contributed by atoms with E-state index in [0.29, 0.717) is 0 Å². The lowest BCUT2D eigenvalue weighted by atomic mass is 9.77. The molecule has 0 amide bonds. The fourth-order valence-corrected chi connectivity index (χ4v) is 5.70. The highest BCUT2D eigenvalue weighted by atomic mass is 14.7. The van der Waals surface area contributed by atoms with Crippen molar-refractivity contribution in [3.63, 3.8) is 0 Å². The summed E-state index contributed by atoms with van der Waals surface area (Å²) < 4.78 is 0. The number of fused-ring (bicyclic) bond motifs is 9. The molecule has 0 N–H and O–H groups in total. The molecule has 136 valence electrons. The Labute approximate surface area is 166 Å². The Hall–Kier alpha value is -2.93.